The van der Waals surface area contributed by atoms with Crippen molar-refractivity contribution < 1.29 is 5.11 Å². The molecule has 5 heteroatoms. The molecule has 2 N–H and O–H groups in total. The molecule has 1 aromatic heterocycles. The Kier molecular flexibility index (Phi) is 3.96. The quantitative estimate of drug-likeness (QED) is 0.875. The molecule has 0 saturated carbocycles. The summed E-state index contributed by atoms with van der Waals surface area (Å²) >= 11 is 9.24. The number of rotatable bonds is 4. The summed E-state index contributed by atoms with van der Waals surface area (Å²) in [5.74, 6) is 1.92. The highest BCUT2D eigenvalue weighted by molar-refractivity contribution is 7.99. The van der Waals surface area contributed by atoms with Crippen molar-refractivity contribution in [3.05, 3.63) is 21.3 Å². The number of thiophene rings is 1. The van der Waals surface area contributed by atoms with Gasteiger partial charge in [0.2, 0.25) is 0 Å². The molecule has 0 radical (unpaired) electrons. The molecule has 1 atom stereocenters. The maximum absolute atomic E-state index is 10.1. The summed E-state index contributed by atoms with van der Waals surface area (Å²) in [4.78, 5) is 1.22. The molecule has 1 aliphatic heterocycles. The number of halogens is 1. The first-order chi connectivity index (χ1) is 7.18. The Morgan fingerprint density at radius 1 is 1.53 bits per heavy atom. The van der Waals surface area contributed by atoms with Gasteiger partial charge >= 0.3 is 0 Å². The van der Waals surface area contributed by atoms with Gasteiger partial charge in [-0.3, -0.25) is 0 Å². The third kappa shape index (κ3) is 3.36. The van der Waals surface area contributed by atoms with Crippen LogP contribution in [-0.2, 0) is 6.54 Å². The molecule has 0 aromatic carbocycles. The van der Waals surface area contributed by atoms with Gasteiger partial charge in [-0.25, -0.2) is 0 Å². The van der Waals surface area contributed by atoms with Crippen LogP contribution in [0, 0.1) is 0 Å². The first kappa shape index (κ1) is 11.7. The molecule has 0 spiro atoms. The van der Waals surface area contributed by atoms with E-state index in [0.717, 1.165) is 28.8 Å². The molecule has 1 aromatic rings. The predicted molar refractivity (Wildman–Crippen MR) is 67.9 cm³/mol. The Balaban J connectivity index is 1.75. The van der Waals surface area contributed by atoms with Crippen LogP contribution in [0.4, 0.5) is 0 Å². The average Bonchev–Trinajstić information content (AvgIpc) is 2.76. The minimum absolute atomic E-state index is 0.494. The van der Waals surface area contributed by atoms with Gasteiger partial charge in [0.15, 0.2) is 0 Å². The van der Waals surface area contributed by atoms with E-state index in [9.17, 15) is 5.11 Å². The summed E-state index contributed by atoms with van der Waals surface area (Å²) in [6.45, 7) is 1.47. The van der Waals surface area contributed by atoms with Crippen molar-refractivity contribution in [2.45, 2.75) is 18.6 Å². The van der Waals surface area contributed by atoms with E-state index in [2.05, 4.69) is 5.32 Å². The third-order valence-corrected chi connectivity index (χ3v) is 4.93. The van der Waals surface area contributed by atoms with Gasteiger partial charge in [-0.05, 0) is 24.3 Å². The van der Waals surface area contributed by atoms with Crippen LogP contribution < -0.4 is 5.32 Å². The second kappa shape index (κ2) is 5.06. The van der Waals surface area contributed by atoms with E-state index in [4.69, 9.17) is 11.6 Å². The monoisotopic (exact) mass is 263 g/mol. The highest BCUT2D eigenvalue weighted by Crippen LogP contribution is 2.27. The largest absolute Gasteiger partial charge is 0.388 e. The van der Waals surface area contributed by atoms with Gasteiger partial charge in [0.1, 0.15) is 0 Å². The van der Waals surface area contributed by atoms with Crippen molar-refractivity contribution >= 4 is 34.7 Å². The Hall–Kier alpha value is 0.260. The lowest BCUT2D eigenvalue weighted by Crippen LogP contribution is -2.40. The van der Waals surface area contributed by atoms with Gasteiger partial charge in [-0.15, -0.1) is 11.3 Å². The van der Waals surface area contributed by atoms with Crippen LogP contribution in [0.15, 0.2) is 12.1 Å². The van der Waals surface area contributed by atoms with Crippen molar-refractivity contribution in [1.29, 1.82) is 0 Å². The number of hydrogen-bond donors (Lipinski definition) is 2. The predicted octanol–water partition coefficient (Wildman–Crippen LogP) is 2.36. The molecule has 1 saturated heterocycles. The first-order valence-electron chi connectivity index (χ1n) is 4.93. The zero-order valence-electron chi connectivity index (χ0n) is 8.33. The summed E-state index contributed by atoms with van der Waals surface area (Å²) < 4.78 is 0.821. The number of thioether (sulfide) groups is 1. The maximum atomic E-state index is 10.1. The molecule has 1 aliphatic rings. The van der Waals surface area contributed by atoms with E-state index >= 15 is 0 Å². The van der Waals surface area contributed by atoms with Crippen LogP contribution in [0.5, 0.6) is 0 Å². The Morgan fingerprint density at radius 2 is 2.40 bits per heavy atom. The minimum atomic E-state index is -0.494. The molecule has 2 rings (SSSR count). The normalized spacial score (nSPS) is 26.0. The van der Waals surface area contributed by atoms with Crippen LogP contribution in [0.3, 0.4) is 0 Å². The van der Waals surface area contributed by atoms with Crippen LogP contribution in [0.1, 0.15) is 11.3 Å². The van der Waals surface area contributed by atoms with Gasteiger partial charge in [0.25, 0.3) is 0 Å². The molecule has 0 aliphatic carbocycles. The smallest absolute Gasteiger partial charge is 0.0931 e. The summed E-state index contributed by atoms with van der Waals surface area (Å²) in [6, 6.07) is 3.93. The van der Waals surface area contributed by atoms with Gasteiger partial charge in [-0.2, -0.15) is 11.8 Å². The standard InChI is InChI=1S/C10H14ClNOS2/c11-9-2-1-8(15-9)5-12-6-10(13)3-4-14-7-10/h1-2,12-13H,3-7H2. The van der Waals surface area contributed by atoms with Gasteiger partial charge < -0.3 is 10.4 Å². The third-order valence-electron chi connectivity index (χ3n) is 2.46. The van der Waals surface area contributed by atoms with Gasteiger partial charge in [0.05, 0.1) is 9.94 Å². The Morgan fingerprint density at radius 3 is 3.00 bits per heavy atom. The number of hydrogen-bond acceptors (Lipinski definition) is 4. The molecule has 2 heterocycles. The van der Waals surface area contributed by atoms with E-state index in [1.54, 1.807) is 11.3 Å². The molecule has 1 unspecified atom stereocenters. The van der Waals surface area contributed by atoms with Gasteiger partial charge in [-0.1, -0.05) is 11.6 Å². The molecule has 0 amide bonds. The average molecular weight is 264 g/mol. The van der Waals surface area contributed by atoms with Crippen LogP contribution in [0.25, 0.3) is 0 Å². The van der Waals surface area contributed by atoms with Crippen molar-refractivity contribution in [1.82, 2.24) is 5.32 Å². The summed E-state index contributed by atoms with van der Waals surface area (Å²) in [6.07, 6.45) is 0.899. The van der Waals surface area contributed by atoms with Crippen molar-refractivity contribution in [3.8, 4) is 0 Å². The molecule has 2 nitrogen and oxygen atoms in total. The molecular formula is C10H14ClNOS2. The number of aliphatic hydroxyl groups is 1. The Labute approximate surface area is 103 Å². The van der Waals surface area contributed by atoms with Crippen LogP contribution >= 0.6 is 34.7 Å². The summed E-state index contributed by atoms with van der Waals surface area (Å²) in [5.41, 5.74) is -0.494. The van der Waals surface area contributed by atoms with E-state index in [1.165, 1.54) is 4.88 Å². The fraction of sp³-hybridized carbons (Fsp3) is 0.600. The maximum Gasteiger partial charge on any atom is 0.0931 e. The van der Waals surface area contributed by atoms with Crippen molar-refractivity contribution in [2.24, 2.45) is 0 Å². The molecular weight excluding hydrogens is 250 g/mol. The fourth-order valence-electron chi connectivity index (χ4n) is 1.60. The fourth-order valence-corrected chi connectivity index (χ4v) is 3.95. The number of nitrogens with one attached hydrogen (secondary N) is 1. The lowest BCUT2D eigenvalue weighted by atomic mass is 10.0. The zero-order valence-corrected chi connectivity index (χ0v) is 10.7. The lowest BCUT2D eigenvalue weighted by molar-refractivity contribution is 0.0675. The molecule has 84 valence electrons. The minimum Gasteiger partial charge on any atom is -0.388 e. The Bertz CT molecular complexity index is 323. The molecule has 1 fully saturated rings. The van der Waals surface area contributed by atoms with Gasteiger partial charge in [0, 0.05) is 23.7 Å². The lowest BCUT2D eigenvalue weighted by Gasteiger charge is -2.21. The van der Waals surface area contributed by atoms with Crippen LogP contribution in [-0.4, -0.2) is 28.8 Å². The van der Waals surface area contributed by atoms with E-state index < -0.39 is 5.60 Å². The summed E-state index contributed by atoms with van der Waals surface area (Å²) in [5, 5.41) is 13.4. The second-order valence-corrected chi connectivity index (χ2v) is 6.74. The second-order valence-electron chi connectivity index (χ2n) is 3.84. The molecule has 15 heavy (non-hydrogen) atoms. The highest BCUT2D eigenvalue weighted by Gasteiger charge is 2.30. The zero-order chi connectivity index (χ0) is 10.7. The van der Waals surface area contributed by atoms with E-state index in [1.807, 2.05) is 23.9 Å². The molecule has 0 bridgehead atoms. The topological polar surface area (TPSA) is 32.3 Å². The van der Waals surface area contributed by atoms with Crippen LogP contribution in [0.2, 0.25) is 4.34 Å². The van der Waals surface area contributed by atoms with E-state index in [0.29, 0.717) is 6.54 Å². The summed E-state index contributed by atoms with van der Waals surface area (Å²) in [7, 11) is 0. The first-order valence-corrected chi connectivity index (χ1v) is 7.28. The van der Waals surface area contributed by atoms with E-state index in [-0.39, 0.29) is 0 Å². The highest BCUT2D eigenvalue weighted by atomic mass is 35.5. The van der Waals surface area contributed by atoms with Crippen molar-refractivity contribution in [3.63, 3.8) is 0 Å². The SMILES string of the molecule is OC1(CNCc2ccc(Cl)s2)CCSC1. The van der Waals surface area contributed by atoms with Crippen molar-refractivity contribution in [2.75, 3.05) is 18.1 Å².